The van der Waals surface area contributed by atoms with Crippen LogP contribution >= 0.6 is 24.0 Å². The second-order valence-corrected chi connectivity index (χ2v) is 5.22. The number of hydrogen-bond acceptors (Lipinski definition) is 4. The monoisotopic (exact) mass is 367 g/mol. The molecule has 0 amide bonds. The summed E-state index contributed by atoms with van der Waals surface area (Å²) < 4.78 is 5.40. The van der Waals surface area contributed by atoms with Gasteiger partial charge in [0.1, 0.15) is 0 Å². The third kappa shape index (κ3) is 4.57. The Bertz CT molecular complexity index is 265. The first-order valence-electron chi connectivity index (χ1n) is 6.82. The van der Waals surface area contributed by atoms with Crippen molar-refractivity contribution in [3.05, 3.63) is 0 Å². The van der Waals surface area contributed by atoms with Gasteiger partial charge >= 0.3 is 0 Å². The van der Waals surface area contributed by atoms with Crippen molar-refractivity contribution >= 4 is 29.9 Å². The second kappa shape index (κ2) is 8.19. The number of hydrogen-bond donors (Lipinski definition) is 1. The number of aliphatic imine (C=N–C) groups is 1. The lowest BCUT2D eigenvalue weighted by Crippen LogP contribution is -2.36. The van der Waals surface area contributed by atoms with E-state index < -0.39 is 0 Å². The highest BCUT2D eigenvalue weighted by Gasteiger charge is 2.20. The van der Waals surface area contributed by atoms with Gasteiger partial charge in [-0.15, -0.1) is 24.0 Å². The minimum atomic E-state index is 0. The SMILES string of the molecule is COC1CCC(CCNC2=NCCN2C)CC1.I. The summed E-state index contributed by atoms with van der Waals surface area (Å²) in [6.07, 6.45) is 6.91. The fraction of sp³-hybridized carbons (Fsp3) is 0.923. The van der Waals surface area contributed by atoms with Crippen LogP contribution in [0.2, 0.25) is 0 Å². The summed E-state index contributed by atoms with van der Waals surface area (Å²) in [6, 6.07) is 0. The van der Waals surface area contributed by atoms with E-state index in [1.165, 1.54) is 32.1 Å². The first-order valence-corrected chi connectivity index (χ1v) is 6.82. The zero-order chi connectivity index (χ0) is 12.1. The zero-order valence-electron chi connectivity index (χ0n) is 11.5. The Labute approximate surface area is 128 Å². The molecule has 1 saturated carbocycles. The van der Waals surface area contributed by atoms with Gasteiger partial charge in [0.2, 0.25) is 0 Å². The number of rotatable bonds is 4. The Morgan fingerprint density at radius 3 is 2.61 bits per heavy atom. The molecule has 106 valence electrons. The standard InChI is InChI=1S/C13H25N3O.HI/c1-16-10-9-15-13(16)14-8-7-11-3-5-12(17-2)6-4-11;/h11-12H,3-10H2,1-2H3,(H,14,15);1H. The number of halogens is 1. The van der Waals surface area contributed by atoms with Gasteiger partial charge in [-0.25, -0.2) is 0 Å². The average Bonchev–Trinajstić information content (AvgIpc) is 2.76. The topological polar surface area (TPSA) is 36.9 Å². The van der Waals surface area contributed by atoms with E-state index in [4.69, 9.17) is 4.74 Å². The van der Waals surface area contributed by atoms with Gasteiger partial charge in [0, 0.05) is 27.2 Å². The summed E-state index contributed by atoms with van der Waals surface area (Å²) in [5.41, 5.74) is 0. The Morgan fingerprint density at radius 1 is 1.33 bits per heavy atom. The van der Waals surface area contributed by atoms with Crippen molar-refractivity contribution in [2.75, 3.05) is 33.8 Å². The van der Waals surface area contributed by atoms with Crippen molar-refractivity contribution in [2.45, 2.75) is 38.2 Å². The molecule has 0 saturated heterocycles. The van der Waals surface area contributed by atoms with Crippen molar-refractivity contribution in [3.8, 4) is 0 Å². The third-order valence-electron chi connectivity index (χ3n) is 4.02. The first-order chi connectivity index (χ1) is 8.29. The van der Waals surface area contributed by atoms with Crippen LogP contribution < -0.4 is 5.32 Å². The van der Waals surface area contributed by atoms with Gasteiger partial charge in [0.25, 0.3) is 0 Å². The summed E-state index contributed by atoms with van der Waals surface area (Å²) >= 11 is 0. The zero-order valence-corrected chi connectivity index (χ0v) is 13.9. The molecule has 1 N–H and O–H groups in total. The van der Waals surface area contributed by atoms with Crippen molar-refractivity contribution in [1.29, 1.82) is 0 Å². The molecular formula is C13H26IN3O. The fourth-order valence-corrected chi connectivity index (χ4v) is 2.77. The number of likely N-dealkylation sites (N-methyl/N-ethyl adjacent to an activating group) is 1. The molecule has 2 rings (SSSR count). The highest BCUT2D eigenvalue weighted by molar-refractivity contribution is 14.0. The molecule has 0 aromatic rings. The van der Waals surface area contributed by atoms with Crippen LogP contribution in [0.4, 0.5) is 0 Å². The molecule has 1 fully saturated rings. The lowest BCUT2D eigenvalue weighted by atomic mass is 9.85. The molecule has 0 atom stereocenters. The molecule has 0 radical (unpaired) electrons. The van der Waals surface area contributed by atoms with E-state index in [9.17, 15) is 0 Å². The molecular weight excluding hydrogens is 341 g/mol. The van der Waals surface area contributed by atoms with Crippen LogP contribution in [0.15, 0.2) is 4.99 Å². The fourth-order valence-electron chi connectivity index (χ4n) is 2.77. The molecule has 0 spiro atoms. The van der Waals surface area contributed by atoms with Crippen LogP contribution in [0, 0.1) is 5.92 Å². The minimum Gasteiger partial charge on any atom is -0.381 e. The van der Waals surface area contributed by atoms with E-state index in [0.29, 0.717) is 6.10 Å². The van der Waals surface area contributed by atoms with Gasteiger partial charge in [-0.3, -0.25) is 4.99 Å². The Kier molecular flexibility index (Phi) is 7.29. The highest BCUT2D eigenvalue weighted by atomic mass is 127. The van der Waals surface area contributed by atoms with Crippen LogP contribution in [-0.4, -0.2) is 50.8 Å². The van der Waals surface area contributed by atoms with E-state index in [1.54, 1.807) is 0 Å². The largest absolute Gasteiger partial charge is 0.381 e. The smallest absolute Gasteiger partial charge is 0.193 e. The number of ether oxygens (including phenoxy) is 1. The van der Waals surface area contributed by atoms with Gasteiger partial charge in [0.05, 0.1) is 12.6 Å². The highest BCUT2D eigenvalue weighted by Crippen LogP contribution is 2.27. The second-order valence-electron chi connectivity index (χ2n) is 5.22. The van der Waals surface area contributed by atoms with E-state index >= 15 is 0 Å². The molecule has 5 heteroatoms. The van der Waals surface area contributed by atoms with Crippen LogP contribution in [-0.2, 0) is 4.74 Å². The molecule has 4 nitrogen and oxygen atoms in total. The molecule has 0 bridgehead atoms. The van der Waals surface area contributed by atoms with Gasteiger partial charge < -0.3 is 15.0 Å². The first kappa shape index (κ1) is 16.0. The van der Waals surface area contributed by atoms with Crippen molar-refractivity contribution in [2.24, 2.45) is 10.9 Å². The predicted octanol–water partition coefficient (Wildman–Crippen LogP) is 2.09. The quantitative estimate of drug-likeness (QED) is 0.774. The molecule has 1 heterocycles. The summed E-state index contributed by atoms with van der Waals surface area (Å²) in [5.74, 6) is 1.96. The Morgan fingerprint density at radius 2 is 2.06 bits per heavy atom. The van der Waals surface area contributed by atoms with E-state index in [0.717, 1.165) is 31.5 Å². The maximum Gasteiger partial charge on any atom is 0.193 e. The molecule has 1 aliphatic carbocycles. The number of nitrogens with zero attached hydrogens (tertiary/aromatic N) is 2. The number of nitrogens with one attached hydrogen (secondary N) is 1. The summed E-state index contributed by atoms with van der Waals surface area (Å²) in [4.78, 5) is 6.63. The number of guanidine groups is 1. The van der Waals surface area contributed by atoms with Gasteiger partial charge in [0.15, 0.2) is 5.96 Å². The molecule has 18 heavy (non-hydrogen) atoms. The molecule has 0 unspecified atom stereocenters. The van der Waals surface area contributed by atoms with Crippen LogP contribution in [0.5, 0.6) is 0 Å². The average molecular weight is 367 g/mol. The maximum absolute atomic E-state index is 5.40. The van der Waals surface area contributed by atoms with Gasteiger partial charge in [-0.05, 0) is 38.0 Å². The molecule has 0 aromatic carbocycles. The summed E-state index contributed by atoms with van der Waals surface area (Å²) in [5, 5.41) is 3.45. The summed E-state index contributed by atoms with van der Waals surface area (Å²) in [7, 11) is 3.93. The van der Waals surface area contributed by atoms with Crippen molar-refractivity contribution < 1.29 is 4.74 Å². The molecule has 2 aliphatic rings. The van der Waals surface area contributed by atoms with Crippen LogP contribution in [0.25, 0.3) is 0 Å². The summed E-state index contributed by atoms with van der Waals surface area (Å²) in [6.45, 7) is 3.06. The minimum absolute atomic E-state index is 0. The Hall–Kier alpha value is -0.0400. The van der Waals surface area contributed by atoms with E-state index in [2.05, 4.69) is 22.3 Å². The van der Waals surface area contributed by atoms with Gasteiger partial charge in [-0.2, -0.15) is 0 Å². The van der Waals surface area contributed by atoms with E-state index in [-0.39, 0.29) is 24.0 Å². The predicted molar refractivity (Wildman–Crippen MR) is 85.7 cm³/mol. The Balaban J connectivity index is 0.00000162. The maximum atomic E-state index is 5.40. The third-order valence-corrected chi connectivity index (χ3v) is 4.02. The molecule has 1 aliphatic heterocycles. The van der Waals surface area contributed by atoms with Gasteiger partial charge in [-0.1, -0.05) is 0 Å². The number of methoxy groups -OCH3 is 1. The molecule has 0 aromatic heterocycles. The van der Waals surface area contributed by atoms with Crippen molar-refractivity contribution in [3.63, 3.8) is 0 Å². The lowest BCUT2D eigenvalue weighted by Gasteiger charge is -2.27. The van der Waals surface area contributed by atoms with E-state index in [1.807, 2.05) is 7.11 Å². The van der Waals surface area contributed by atoms with Crippen LogP contribution in [0.1, 0.15) is 32.1 Å². The lowest BCUT2D eigenvalue weighted by molar-refractivity contribution is 0.0557. The van der Waals surface area contributed by atoms with Crippen molar-refractivity contribution in [1.82, 2.24) is 10.2 Å². The van der Waals surface area contributed by atoms with Crippen LogP contribution in [0.3, 0.4) is 0 Å². The normalized spacial score (nSPS) is 27.7.